The molecule has 0 aromatic carbocycles. The first-order valence-corrected chi connectivity index (χ1v) is 28.3. The fourth-order valence-corrected chi connectivity index (χ4v) is 8.42. The minimum Gasteiger partial charge on any atom is -0.462 e. The molecule has 0 N–H and O–H groups in total. The minimum atomic E-state index is -0.773. The molecule has 376 valence electrons. The Hall–Kier alpha value is -2.11. The maximum Gasteiger partial charge on any atom is 0.306 e. The summed E-state index contributed by atoms with van der Waals surface area (Å²) in [4.78, 5) is 38.0. The van der Waals surface area contributed by atoms with Crippen LogP contribution in [0.1, 0.15) is 310 Å². The molecule has 0 aliphatic carbocycles. The van der Waals surface area contributed by atoms with E-state index in [1.54, 1.807) is 0 Å². The van der Waals surface area contributed by atoms with E-state index in [1.807, 2.05) is 0 Å². The molecule has 1 atom stereocenters. The number of carbonyl (C=O) groups excluding carboxylic acids is 3. The van der Waals surface area contributed by atoms with Gasteiger partial charge in [-0.1, -0.05) is 263 Å². The SMILES string of the molecule is CCCCC/C=C\C/C=C\CCCCCCCC(=O)OC(COC(=O)CCCCCCCCCCCCC)COC(=O)CCCCCCCCCCCCCCCCCCCCCC. The molecule has 0 saturated carbocycles. The molecule has 1 unspecified atom stereocenters. The lowest BCUT2D eigenvalue weighted by atomic mass is 10.0. The quantitative estimate of drug-likeness (QED) is 0.0262. The maximum atomic E-state index is 12.8. The average Bonchev–Trinajstić information content (AvgIpc) is 3.29. The lowest BCUT2D eigenvalue weighted by Crippen LogP contribution is -2.30. The van der Waals surface area contributed by atoms with E-state index < -0.39 is 6.10 Å². The Kier molecular flexibility index (Phi) is 51.7. The Labute approximate surface area is 398 Å². The zero-order valence-electron chi connectivity index (χ0n) is 43.1. The molecular formula is C58H108O6. The van der Waals surface area contributed by atoms with Crippen molar-refractivity contribution in [3.63, 3.8) is 0 Å². The van der Waals surface area contributed by atoms with Crippen LogP contribution in [0.3, 0.4) is 0 Å². The van der Waals surface area contributed by atoms with E-state index in [4.69, 9.17) is 14.2 Å². The van der Waals surface area contributed by atoms with E-state index in [0.717, 1.165) is 77.0 Å². The third kappa shape index (κ3) is 50.9. The molecule has 0 aliphatic rings. The summed E-state index contributed by atoms with van der Waals surface area (Å²) in [6, 6.07) is 0. The van der Waals surface area contributed by atoms with Gasteiger partial charge in [0, 0.05) is 19.3 Å². The molecule has 6 heteroatoms. The number of rotatable bonds is 52. The van der Waals surface area contributed by atoms with E-state index in [0.29, 0.717) is 19.3 Å². The van der Waals surface area contributed by atoms with E-state index in [1.165, 1.54) is 193 Å². The molecule has 0 saturated heterocycles. The summed E-state index contributed by atoms with van der Waals surface area (Å²) >= 11 is 0. The van der Waals surface area contributed by atoms with Crippen molar-refractivity contribution < 1.29 is 28.6 Å². The standard InChI is InChI=1S/C58H108O6/c1-4-7-10-13-16-19-22-24-26-27-28-29-30-32-33-36-39-42-45-48-51-57(60)63-54-55(53-62-56(59)50-47-44-41-38-35-21-18-15-12-9-6-3)64-58(61)52-49-46-43-40-37-34-31-25-23-20-17-14-11-8-5-2/h17,20,25,31,55H,4-16,18-19,21-24,26-30,32-54H2,1-3H3/b20-17-,31-25-. The van der Waals surface area contributed by atoms with Gasteiger partial charge >= 0.3 is 17.9 Å². The topological polar surface area (TPSA) is 78.9 Å². The van der Waals surface area contributed by atoms with Crippen molar-refractivity contribution in [3.8, 4) is 0 Å². The first kappa shape index (κ1) is 61.9. The molecule has 0 aromatic rings. The molecule has 0 aliphatic heterocycles. The van der Waals surface area contributed by atoms with Gasteiger partial charge in [0.1, 0.15) is 13.2 Å². The van der Waals surface area contributed by atoms with Gasteiger partial charge in [0.25, 0.3) is 0 Å². The third-order valence-electron chi connectivity index (χ3n) is 12.7. The lowest BCUT2D eigenvalue weighted by Gasteiger charge is -2.18. The summed E-state index contributed by atoms with van der Waals surface area (Å²) in [7, 11) is 0. The van der Waals surface area contributed by atoms with Crippen LogP contribution in [-0.4, -0.2) is 37.2 Å². The Morgan fingerprint density at radius 2 is 0.562 bits per heavy atom. The van der Waals surface area contributed by atoms with Crippen molar-refractivity contribution in [1.82, 2.24) is 0 Å². The predicted octanol–water partition coefficient (Wildman–Crippen LogP) is 18.7. The van der Waals surface area contributed by atoms with Crippen LogP contribution in [0.4, 0.5) is 0 Å². The van der Waals surface area contributed by atoms with Gasteiger partial charge in [-0.15, -0.1) is 0 Å². The smallest absolute Gasteiger partial charge is 0.306 e. The van der Waals surface area contributed by atoms with Gasteiger partial charge in [0.2, 0.25) is 0 Å². The third-order valence-corrected chi connectivity index (χ3v) is 12.7. The zero-order chi connectivity index (χ0) is 46.5. The molecule has 6 nitrogen and oxygen atoms in total. The molecule has 0 spiro atoms. The van der Waals surface area contributed by atoms with Crippen molar-refractivity contribution >= 4 is 17.9 Å². The Bertz CT molecular complexity index is 1040. The highest BCUT2D eigenvalue weighted by Gasteiger charge is 2.19. The van der Waals surface area contributed by atoms with E-state index in [9.17, 15) is 14.4 Å². The van der Waals surface area contributed by atoms with Crippen LogP contribution in [0.5, 0.6) is 0 Å². The van der Waals surface area contributed by atoms with Gasteiger partial charge in [0.15, 0.2) is 6.10 Å². The van der Waals surface area contributed by atoms with Crippen molar-refractivity contribution in [2.75, 3.05) is 13.2 Å². The fourth-order valence-electron chi connectivity index (χ4n) is 8.42. The highest BCUT2D eigenvalue weighted by atomic mass is 16.6. The maximum absolute atomic E-state index is 12.8. The van der Waals surface area contributed by atoms with Gasteiger partial charge in [0.05, 0.1) is 0 Å². The molecule has 0 aromatic heterocycles. The van der Waals surface area contributed by atoms with Crippen LogP contribution in [-0.2, 0) is 28.6 Å². The Morgan fingerprint density at radius 3 is 0.891 bits per heavy atom. The fraction of sp³-hybridized carbons (Fsp3) is 0.879. The normalized spacial score (nSPS) is 12.1. The molecule has 0 amide bonds. The summed E-state index contributed by atoms with van der Waals surface area (Å²) < 4.78 is 16.8. The number of hydrogen-bond donors (Lipinski definition) is 0. The number of allylic oxidation sites excluding steroid dienone is 4. The van der Waals surface area contributed by atoms with Crippen LogP contribution >= 0.6 is 0 Å². The van der Waals surface area contributed by atoms with Crippen LogP contribution in [0, 0.1) is 0 Å². The van der Waals surface area contributed by atoms with Gasteiger partial charge in [-0.2, -0.15) is 0 Å². The van der Waals surface area contributed by atoms with Crippen molar-refractivity contribution in [2.45, 2.75) is 316 Å². The van der Waals surface area contributed by atoms with E-state index in [2.05, 4.69) is 45.1 Å². The summed E-state index contributed by atoms with van der Waals surface area (Å²) in [6.45, 7) is 6.64. The van der Waals surface area contributed by atoms with Crippen molar-refractivity contribution in [3.05, 3.63) is 24.3 Å². The van der Waals surface area contributed by atoms with Crippen LogP contribution in [0.15, 0.2) is 24.3 Å². The van der Waals surface area contributed by atoms with E-state index >= 15 is 0 Å². The number of esters is 3. The second kappa shape index (κ2) is 53.5. The van der Waals surface area contributed by atoms with Crippen molar-refractivity contribution in [2.24, 2.45) is 0 Å². The number of unbranched alkanes of at least 4 members (excludes halogenated alkanes) is 37. The van der Waals surface area contributed by atoms with E-state index in [-0.39, 0.29) is 31.1 Å². The zero-order valence-corrected chi connectivity index (χ0v) is 43.1. The molecule has 0 radical (unpaired) electrons. The minimum absolute atomic E-state index is 0.0718. The highest BCUT2D eigenvalue weighted by molar-refractivity contribution is 5.71. The average molecular weight is 901 g/mol. The molecule has 0 rings (SSSR count). The molecular weight excluding hydrogens is 793 g/mol. The monoisotopic (exact) mass is 901 g/mol. The molecule has 0 fully saturated rings. The summed E-state index contributed by atoms with van der Waals surface area (Å²) in [6.07, 6.45) is 61.7. The van der Waals surface area contributed by atoms with Gasteiger partial charge in [-0.25, -0.2) is 0 Å². The van der Waals surface area contributed by atoms with Gasteiger partial charge in [-0.3, -0.25) is 14.4 Å². The molecule has 0 heterocycles. The lowest BCUT2D eigenvalue weighted by molar-refractivity contribution is -0.167. The number of ether oxygens (including phenoxy) is 3. The summed E-state index contributed by atoms with van der Waals surface area (Å²) in [5.74, 6) is -0.868. The number of carbonyl (C=O) groups is 3. The first-order valence-electron chi connectivity index (χ1n) is 28.3. The Balaban J connectivity index is 4.27. The second-order valence-corrected chi connectivity index (χ2v) is 19.2. The molecule has 0 bridgehead atoms. The Morgan fingerprint density at radius 1 is 0.312 bits per heavy atom. The van der Waals surface area contributed by atoms with Gasteiger partial charge < -0.3 is 14.2 Å². The first-order chi connectivity index (χ1) is 31.5. The van der Waals surface area contributed by atoms with Gasteiger partial charge in [-0.05, 0) is 51.4 Å². The number of hydrogen-bond acceptors (Lipinski definition) is 6. The van der Waals surface area contributed by atoms with Crippen molar-refractivity contribution in [1.29, 1.82) is 0 Å². The highest BCUT2D eigenvalue weighted by Crippen LogP contribution is 2.17. The second-order valence-electron chi connectivity index (χ2n) is 19.2. The summed E-state index contributed by atoms with van der Waals surface area (Å²) in [5, 5.41) is 0. The van der Waals surface area contributed by atoms with Crippen LogP contribution in [0.2, 0.25) is 0 Å². The summed E-state index contributed by atoms with van der Waals surface area (Å²) in [5.41, 5.74) is 0. The largest absolute Gasteiger partial charge is 0.462 e. The van der Waals surface area contributed by atoms with Crippen LogP contribution in [0.25, 0.3) is 0 Å². The predicted molar refractivity (Wildman–Crippen MR) is 275 cm³/mol. The molecule has 64 heavy (non-hydrogen) atoms. The van der Waals surface area contributed by atoms with Crippen LogP contribution < -0.4 is 0 Å².